The third-order valence-electron chi connectivity index (χ3n) is 6.92. The molecule has 3 aromatic rings. The van der Waals surface area contributed by atoms with Crippen LogP contribution in [0.15, 0.2) is 76.9 Å². The van der Waals surface area contributed by atoms with Crippen LogP contribution in [0.2, 0.25) is 0 Å². The van der Waals surface area contributed by atoms with Crippen molar-refractivity contribution < 1.29 is 9.53 Å². The van der Waals surface area contributed by atoms with Gasteiger partial charge in [0.15, 0.2) is 5.41 Å². The number of benzene rings is 2. The summed E-state index contributed by atoms with van der Waals surface area (Å²) < 4.78 is 7.46. The number of aryl methyl sites for hydroxylation is 1. The van der Waals surface area contributed by atoms with Crippen LogP contribution in [0.3, 0.4) is 0 Å². The highest BCUT2D eigenvalue weighted by atomic mass is 16.5. The zero-order valence-corrected chi connectivity index (χ0v) is 20.5. The van der Waals surface area contributed by atoms with Gasteiger partial charge in [0.25, 0.3) is 5.56 Å². The molecule has 0 fully saturated rings. The van der Waals surface area contributed by atoms with Crippen molar-refractivity contribution >= 4 is 11.6 Å². The fourth-order valence-electron chi connectivity index (χ4n) is 5.22. The summed E-state index contributed by atoms with van der Waals surface area (Å²) in [7, 11) is 3.86. The molecule has 2 aromatic carbocycles. The van der Waals surface area contributed by atoms with Crippen molar-refractivity contribution in [1.29, 1.82) is 5.26 Å². The van der Waals surface area contributed by atoms with Crippen molar-refractivity contribution in [2.45, 2.75) is 25.4 Å². The maximum Gasteiger partial charge on any atom is 0.259 e. The van der Waals surface area contributed by atoms with Crippen LogP contribution < -0.4 is 20.9 Å². The van der Waals surface area contributed by atoms with Gasteiger partial charge in [-0.2, -0.15) is 5.26 Å². The molecule has 0 saturated carbocycles. The molecule has 2 aliphatic rings. The molecule has 8 heteroatoms. The Morgan fingerprint density at radius 3 is 2.47 bits per heavy atom. The average Bonchev–Trinajstić information content (AvgIpc) is 3.08. The molecule has 5 rings (SSSR count). The fraction of sp³-hybridized carbons (Fsp3) is 0.250. The normalized spacial score (nSPS) is 18.3. The van der Waals surface area contributed by atoms with Crippen molar-refractivity contribution in [3.05, 3.63) is 105 Å². The van der Waals surface area contributed by atoms with Gasteiger partial charge in [0, 0.05) is 36.1 Å². The zero-order chi connectivity index (χ0) is 25.6. The minimum Gasteiger partial charge on any atom is -0.440 e. The summed E-state index contributed by atoms with van der Waals surface area (Å²) in [4.78, 5) is 32.2. The first-order valence-corrected chi connectivity index (χ1v) is 11.7. The number of nitrogens with zero attached hydrogens (tertiary/aromatic N) is 4. The molecule has 1 unspecified atom stereocenters. The van der Waals surface area contributed by atoms with E-state index in [4.69, 9.17) is 10.5 Å². The van der Waals surface area contributed by atoms with Gasteiger partial charge in [0.05, 0.1) is 12.1 Å². The van der Waals surface area contributed by atoms with E-state index >= 15 is 0 Å². The monoisotopic (exact) mass is 481 g/mol. The third-order valence-corrected chi connectivity index (χ3v) is 6.92. The zero-order valence-electron chi connectivity index (χ0n) is 20.5. The standard InChI is InChI=1S/C28H27N5O3/c1-18-15-23-24(26(34)32(18)14-13-31(2)3)28(21(16-29)25(30)36-23)20-11-7-8-12-22(20)33(27(28)35)17-19-9-5-4-6-10-19/h4-12,15H,13-14,17,30H2,1-3H3. The number of fused-ring (bicyclic) bond motifs is 4. The summed E-state index contributed by atoms with van der Waals surface area (Å²) in [5.74, 6) is -0.351. The summed E-state index contributed by atoms with van der Waals surface area (Å²) >= 11 is 0. The summed E-state index contributed by atoms with van der Waals surface area (Å²) in [6.07, 6.45) is 0. The first-order valence-electron chi connectivity index (χ1n) is 11.7. The lowest BCUT2D eigenvalue weighted by Gasteiger charge is -2.34. The number of likely N-dealkylation sites (N-methyl/N-ethyl adjacent to an activating group) is 1. The number of carbonyl (C=O) groups excluding carboxylic acids is 1. The number of rotatable bonds is 5. The van der Waals surface area contributed by atoms with Gasteiger partial charge in [-0.3, -0.25) is 9.59 Å². The van der Waals surface area contributed by atoms with E-state index in [0.29, 0.717) is 30.0 Å². The molecule has 2 N–H and O–H groups in total. The first-order chi connectivity index (χ1) is 17.3. The summed E-state index contributed by atoms with van der Waals surface area (Å²) in [6.45, 7) is 3.15. The lowest BCUT2D eigenvalue weighted by Crippen LogP contribution is -2.50. The van der Waals surface area contributed by atoms with Crippen molar-refractivity contribution in [3.8, 4) is 11.8 Å². The quantitative estimate of drug-likeness (QED) is 0.601. The molecule has 0 bridgehead atoms. The van der Waals surface area contributed by atoms with Gasteiger partial charge in [-0.1, -0.05) is 48.5 Å². The number of hydrogen-bond donors (Lipinski definition) is 1. The van der Waals surface area contributed by atoms with Crippen molar-refractivity contribution in [2.24, 2.45) is 5.73 Å². The molecular formula is C28H27N5O3. The molecule has 0 aliphatic carbocycles. The van der Waals surface area contributed by atoms with Crippen LogP contribution in [0.25, 0.3) is 0 Å². The number of anilines is 1. The highest BCUT2D eigenvalue weighted by Gasteiger charge is 2.60. The van der Waals surface area contributed by atoms with E-state index in [2.05, 4.69) is 6.07 Å². The topological polar surface area (TPSA) is 105 Å². The van der Waals surface area contributed by atoms with Crippen LogP contribution in [0.5, 0.6) is 5.75 Å². The minimum absolute atomic E-state index is 0.0666. The second kappa shape index (κ2) is 8.70. The van der Waals surface area contributed by atoms with E-state index in [1.807, 2.05) is 68.4 Å². The molecule has 3 heterocycles. The Balaban J connectivity index is 1.81. The van der Waals surface area contributed by atoms with Crippen LogP contribution in [-0.2, 0) is 23.3 Å². The Labute approximate surface area is 209 Å². The van der Waals surface area contributed by atoms with Gasteiger partial charge in [-0.25, -0.2) is 0 Å². The lowest BCUT2D eigenvalue weighted by atomic mass is 9.69. The number of carbonyl (C=O) groups is 1. The smallest absolute Gasteiger partial charge is 0.259 e. The van der Waals surface area contributed by atoms with Crippen LogP contribution in [0, 0.1) is 18.3 Å². The van der Waals surface area contributed by atoms with E-state index in [-0.39, 0.29) is 34.9 Å². The van der Waals surface area contributed by atoms with Gasteiger partial charge in [0.2, 0.25) is 11.8 Å². The Hall–Kier alpha value is -4.35. The van der Waals surface area contributed by atoms with Crippen molar-refractivity contribution in [2.75, 3.05) is 25.5 Å². The van der Waals surface area contributed by atoms with E-state index in [1.165, 1.54) is 0 Å². The maximum atomic E-state index is 14.5. The van der Waals surface area contributed by atoms with E-state index in [9.17, 15) is 14.9 Å². The number of pyridine rings is 1. The molecular weight excluding hydrogens is 454 g/mol. The first kappa shape index (κ1) is 23.4. The predicted molar refractivity (Wildman–Crippen MR) is 136 cm³/mol. The van der Waals surface area contributed by atoms with Crippen LogP contribution in [0.1, 0.15) is 22.4 Å². The Kier molecular flexibility index (Phi) is 5.65. The average molecular weight is 482 g/mol. The van der Waals surface area contributed by atoms with Crippen molar-refractivity contribution in [3.63, 3.8) is 0 Å². The molecule has 2 aliphatic heterocycles. The molecule has 1 amide bonds. The third kappa shape index (κ3) is 3.32. The van der Waals surface area contributed by atoms with Gasteiger partial charge < -0.3 is 24.8 Å². The Bertz CT molecular complexity index is 1500. The second-order valence-electron chi connectivity index (χ2n) is 9.38. The molecule has 1 atom stereocenters. The van der Waals surface area contributed by atoms with E-state index < -0.39 is 11.3 Å². The molecule has 8 nitrogen and oxygen atoms in total. The van der Waals surface area contributed by atoms with Gasteiger partial charge in [0.1, 0.15) is 17.4 Å². The molecule has 1 aromatic heterocycles. The summed E-state index contributed by atoms with van der Waals surface area (Å²) in [6, 6.07) is 20.7. The lowest BCUT2D eigenvalue weighted by molar-refractivity contribution is -0.121. The Morgan fingerprint density at radius 1 is 1.08 bits per heavy atom. The highest BCUT2D eigenvalue weighted by Crippen LogP contribution is 2.54. The number of hydrogen-bond acceptors (Lipinski definition) is 6. The SMILES string of the molecule is Cc1cc2c(c(=O)n1CCN(C)C)C1(C(=O)N(Cc3ccccc3)c3ccccc31)C(C#N)=C(N)O2. The summed E-state index contributed by atoms with van der Waals surface area (Å²) in [5.41, 5.74) is 7.07. The molecule has 36 heavy (non-hydrogen) atoms. The van der Waals surface area contributed by atoms with Crippen molar-refractivity contribution in [1.82, 2.24) is 9.47 Å². The molecule has 182 valence electrons. The second-order valence-corrected chi connectivity index (χ2v) is 9.38. The number of aromatic nitrogens is 1. The molecule has 0 saturated heterocycles. The number of nitriles is 1. The number of ether oxygens (including phenoxy) is 1. The van der Waals surface area contributed by atoms with Gasteiger partial charge >= 0.3 is 0 Å². The van der Waals surface area contributed by atoms with E-state index in [0.717, 1.165) is 5.56 Å². The highest BCUT2D eigenvalue weighted by molar-refractivity contribution is 6.14. The van der Waals surface area contributed by atoms with Crippen LogP contribution in [0.4, 0.5) is 5.69 Å². The fourth-order valence-corrected chi connectivity index (χ4v) is 5.22. The van der Waals surface area contributed by atoms with E-state index in [1.54, 1.807) is 27.7 Å². The minimum atomic E-state index is -1.69. The summed E-state index contributed by atoms with van der Waals surface area (Å²) in [5, 5.41) is 10.3. The number of amides is 1. The number of nitrogens with two attached hydrogens (primary N) is 1. The van der Waals surface area contributed by atoms with Crippen LogP contribution in [-0.4, -0.2) is 36.0 Å². The van der Waals surface area contributed by atoms with Gasteiger partial charge in [-0.15, -0.1) is 0 Å². The largest absolute Gasteiger partial charge is 0.440 e. The maximum absolute atomic E-state index is 14.5. The predicted octanol–water partition coefficient (Wildman–Crippen LogP) is 2.64. The Morgan fingerprint density at radius 2 is 1.78 bits per heavy atom. The molecule has 1 spiro atoms. The number of para-hydroxylation sites is 1. The van der Waals surface area contributed by atoms with Gasteiger partial charge in [-0.05, 0) is 32.6 Å². The molecule has 0 radical (unpaired) electrons. The van der Waals surface area contributed by atoms with Crippen LogP contribution >= 0.6 is 0 Å².